The molecular weight excluding hydrogens is 359 g/mol. The van der Waals surface area contributed by atoms with Crippen molar-refractivity contribution in [3.8, 4) is 11.5 Å². The van der Waals surface area contributed by atoms with Gasteiger partial charge in [0.1, 0.15) is 17.3 Å². The Morgan fingerprint density at radius 2 is 1.92 bits per heavy atom. The Kier molecular flexibility index (Phi) is 6.94. The average molecular weight is 374 g/mol. The van der Waals surface area contributed by atoms with Gasteiger partial charge < -0.3 is 14.8 Å². The molecule has 1 N–H and O–H groups in total. The monoisotopic (exact) mass is 373 g/mol. The first kappa shape index (κ1) is 18.9. The number of nitrogens with one attached hydrogen (secondary N) is 1. The number of alkyl halides is 2. The van der Waals surface area contributed by atoms with E-state index < -0.39 is 18.3 Å². The fourth-order valence-electron chi connectivity index (χ4n) is 2.04. The molecule has 25 heavy (non-hydrogen) atoms. The van der Waals surface area contributed by atoms with Gasteiger partial charge in [0.25, 0.3) is 5.91 Å². The molecule has 0 aliphatic rings. The molecule has 2 rings (SSSR count). The summed E-state index contributed by atoms with van der Waals surface area (Å²) in [6, 6.07) is 9.91. The van der Waals surface area contributed by atoms with Crippen molar-refractivity contribution in [2.45, 2.75) is 13.0 Å². The van der Waals surface area contributed by atoms with Crippen LogP contribution in [0.25, 0.3) is 0 Å². The Morgan fingerprint density at radius 1 is 1.16 bits per heavy atom. The lowest BCUT2D eigenvalue weighted by atomic mass is 10.1. The standard InChI is InChI=1S/C17H15ClF3NO3/c18-13-9-12(19)5-6-15(13)24-10-16(23)22-8-7-11-3-1-2-4-14(11)25-17(20)21/h1-6,9,17H,7-8,10H2,(H,22,23). The number of carbonyl (C=O) groups excluding carboxylic acids is 1. The number of para-hydroxylation sites is 1. The predicted molar refractivity (Wildman–Crippen MR) is 86.7 cm³/mol. The molecule has 0 bridgehead atoms. The highest BCUT2D eigenvalue weighted by molar-refractivity contribution is 6.32. The van der Waals surface area contributed by atoms with Crippen LogP contribution in [0.2, 0.25) is 5.02 Å². The number of halogens is 4. The summed E-state index contributed by atoms with van der Waals surface area (Å²) in [6.45, 7) is -3.01. The summed E-state index contributed by atoms with van der Waals surface area (Å²) < 4.78 is 47.2. The van der Waals surface area contributed by atoms with Crippen LogP contribution in [0, 0.1) is 5.82 Å². The number of hydrogen-bond acceptors (Lipinski definition) is 3. The molecule has 0 fully saturated rings. The normalized spacial score (nSPS) is 10.6. The molecule has 2 aromatic carbocycles. The van der Waals surface area contributed by atoms with E-state index in [4.69, 9.17) is 16.3 Å². The Bertz CT molecular complexity index is 728. The van der Waals surface area contributed by atoms with Gasteiger partial charge in [-0.15, -0.1) is 0 Å². The number of hydrogen-bond donors (Lipinski definition) is 1. The van der Waals surface area contributed by atoms with Crippen molar-refractivity contribution in [3.05, 3.63) is 58.9 Å². The van der Waals surface area contributed by atoms with Crippen LogP contribution in [0.3, 0.4) is 0 Å². The van der Waals surface area contributed by atoms with E-state index in [9.17, 15) is 18.0 Å². The number of amides is 1. The largest absolute Gasteiger partial charge is 0.482 e. The number of rotatable bonds is 8. The Balaban J connectivity index is 1.79. The van der Waals surface area contributed by atoms with Crippen LogP contribution in [-0.2, 0) is 11.2 Å². The summed E-state index contributed by atoms with van der Waals surface area (Å²) in [6.07, 6.45) is 0.311. The maximum Gasteiger partial charge on any atom is 0.387 e. The SMILES string of the molecule is O=C(COc1ccc(F)cc1Cl)NCCc1ccccc1OC(F)F. The summed E-state index contributed by atoms with van der Waals surface area (Å²) in [4.78, 5) is 11.7. The fourth-order valence-corrected chi connectivity index (χ4v) is 2.27. The quantitative estimate of drug-likeness (QED) is 0.765. The minimum absolute atomic E-state index is 0.0610. The van der Waals surface area contributed by atoms with E-state index in [2.05, 4.69) is 10.1 Å². The number of ether oxygens (including phenoxy) is 2. The Morgan fingerprint density at radius 3 is 2.64 bits per heavy atom. The third-order valence-corrected chi connectivity index (χ3v) is 3.45. The Labute approximate surface area is 147 Å². The van der Waals surface area contributed by atoms with Gasteiger partial charge in [-0.25, -0.2) is 4.39 Å². The van der Waals surface area contributed by atoms with Crippen LogP contribution in [0.1, 0.15) is 5.56 Å². The zero-order valence-corrected chi connectivity index (χ0v) is 13.7. The molecular formula is C17H15ClF3NO3. The van der Waals surface area contributed by atoms with Gasteiger partial charge in [0.15, 0.2) is 6.61 Å². The molecule has 4 nitrogen and oxygen atoms in total. The van der Waals surface area contributed by atoms with Gasteiger partial charge in [-0.1, -0.05) is 29.8 Å². The second-order valence-corrected chi connectivity index (χ2v) is 5.36. The molecule has 0 spiro atoms. The first-order valence-electron chi connectivity index (χ1n) is 7.33. The smallest absolute Gasteiger partial charge is 0.387 e. The van der Waals surface area contributed by atoms with E-state index >= 15 is 0 Å². The van der Waals surface area contributed by atoms with Crippen LogP contribution in [-0.4, -0.2) is 25.7 Å². The second-order valence-electron chi connectivity index (χ2n) is 4.95. The zero-order valence-electron chi connectivity index (χ0n) is 13.0. The lowest BCUT2D eigenvalue weighted by Gasteiger charge is -2.11. The maximum absolute atomic E-state index is 12.9. The minimum atomic E-state index is -2.91. The van der Waals surface area contributed by atoms with E-state index in [0.717, 1.165) is 6.07 Å². The van der Waals surface area contributed by atoms with Gasteiger partial charge in [-0.3, -0.25) is 4.79 Å². The second kappa shape index (κ2) is 9.17. The van der Waals surface area contributed by atoms with Crippen molar-refractivity contribution in [1.29, 1.82) is 0 Å². The predicted octanol–water partition coefficient (Wildman–Crippen LogP) is 3.82. The molecule has 2 aromatic rings. The molecule has 0 radical (unpaired) electrons. The van der Waals surface area contributed by atoms with Crippen LogP contribution in [0.15, 0.2) is 42.5 Å². The van der Waals surface area contributed by atoms with Crippen LogP contribution in [0.5, 0.6) is 11.5 Å². The summed E-state index contributed by atoms with van der Waals surface area (Å²) in [7, 11) is 0. The van der Waals surface area contributed by atoms with Gasteiger partial charge in [-0.05, 0) is 36.2 Å². The molecule has 0 aliphatic heterocycles. The van der Waals surface area contributed by atoms with E-state index in [0.29, 0.717) is 12.0 Å². The van der Waals surface area contributed by atoms with E-state index in [1.807, 2.05) is 0 Å². The molecule has 0 atom stereocenters. The van der Waals surface area contributed by atoms with Crippen molar-refractivity contribution in [1.82, 2.24) is 5.32 Å². The first-order chi connectivity index (χ1) is 12.0. The Hall–Kier alpha value is -2.41. The third-order valence-electron chi connectivity index (χ3n) is 3.16. The zero-order chi connectivity index (χ0) is 18.2. The lowest BCUT2D eigenvalue weighted by Crippen LogP contribution is -2.30. The number of benzene rings is 2. The molecule has 134 valence electrons. The van der Waals surface area contributed by atoms with Crippen molar-refractivity contribution < 1.29 is 27.4 Å². The fraction of sp³-hybridized carbons (Fsp3) is 0.235. The molecule has 0 heterocycles. The molecule has 0 saturated carbocycles. The van der Waals surface area contributed by atoms with Crippen LogP contribution < -0.4 is 14.8 Å². The molecule has 0 aliphatic carbocycles. The van der Waals surface area contributed by atoms with Crippen molar-refractivity contribution in [2.75, 3.05) is 13.2 Å². The lowest BCUT2D eigenvalue weighted by molar-refractivity contribution is -0.123. The maximum atomic E-state index is 12.9. The molecule has 8 heteroatoms. The summed E-state index contributed by atoms with van der Waals surface area (Å²) in [5.41, 5.74) is 0.547. The van der Waals surface area contributed by atoms with Gasteiger partial charge in [-0.2, -0.15) is 8.78 Å². The van der Waals surface area contributed by atoms with Crippen molar-refractivity contribution >= 4 is 17.5 Å². The highest BCUT2D eigenvalue weighted by Gasteiger charge is 2.10. The average Bonchev–Trinajstić information content (AvgIpc) is 2.55. The summed E-state index contributed by atoms with van der Waals surface area (Å²) in [5.74, 6) is -0.672. The summed E-state index contributed by atoms with van der Waals surface area (Å²) in [5, 5.41) is 2.65. The van der Waals surface area contributed by atoms with Gasteiger partial charge in [0.05, 0.1) is 5.02 Å². The van der Waals surface area contributed by atoms with Crippen LogP contribution in [0.4, 0.5) is 13.2 Å². The van der Waals surface area contributed by atoms with Gasteiger partial charge >= 0.3 is 6.61 Å². The summed E-state index contributed by atoms with van der Waals surface area (Å²) >= 11 is 5.78. The van der Waals surface area contributed by atoms with E-state index in [1.165, 1.54) is 18.2 Å². The third kappa shape index (κ3) is 6.19. The first-order valence-corrected chi connectivity index (χ1v) is 7.71. The number of carbonyl (C=O) groups is 1. The van der Waals surface area contributed by atoms with Crippen molar-refractivity contribution in [3.63, 3.8) is 0 Å². The highest BCUT2D eigenvalue weighted by Crippen LogP contribution is 2.24. The minimum Gasteiger partial charge on any atom is -0.482 e. The molecule has 0 saturated heterocycles. The van der Waals surface area contributed by atoms with Gasteiger partial charge in [0, 0.05) is 6.54 Å². The molecule has 1 amide bonds. The van der Waals surface area contributed by atoms with Gasteiger partial charge in [0.2, 0.25) is 0 Å². The molecule has 0 aromatic heterocycles. The van der Waals surface area contributed by atoms with Crippen molar-refractivity contribution in [2.24, 2.45) is 0 Å². The highest BCUT2D eigenvalue weighted by atomic mass is 35.5. The van der Waals surface area contributed by atoms with E-state index in [1.54, 1.807) is 18.2 Å². The molecule has 0 unspecified atom stereocenters. The van der Waals surface area contributed by atoms with E-state index in [-0.39, 0.29) is 29.7 Å². The van der Waals surface area contributed by atoms with Crippen LogP contribution >= 0.6 is 11.6 Å². The topological polar surface area (TPSA) is 47.6 Å².